The van der Waals surface area contributed by atoms with Gasteiger partial charge in [0.1, 0.15) is 11.5 Å². The number of carbonyl (C=O) groups is 2. The Morgan fingerprint density at radius 1 is 0.921 bits per heavy atom. The number of aliphatic hydroxyl groups is 1. The van der Waals surface area contributed by atoms with Crippen LogP contribution >= 0.6 is 0 Å². The summed E-state index contributed by atoms with van der Waals surface area (Å²) in [5.74, 6) is -0.812. The third kappa shape index (κ3) is 2.92. The molecule has 0 unspecified atom stereocenters. The van der Waals surface area contributed by atoms with Crippen molar-refractivity contribution < 1.29 is 24.9 Å². The number of phenols is 2. The molecule has 2 amide bonds. The van der Waals surface area contributed by atoms with Gasteiger partial charge in [0.05, 0.1) is 45.5 Å². The molecule has 10 heteroatoms. The molecule has 0 saturated heterocycles. The third-order valence-electron chi connectivity index (χ3n) is 7.27. The minimum Gasteiger partial charge on any atom is -0.508 e. The molecule has 3 aromatic heterocycles. The standard InChI is InChI=1S/C28H21N5O5/c1-32-20-10-16(36)3-5-18(20)22-24-23(21-17-4-2-15(35)9-19(17)31-25(21)26(22)32)27(37)33(28(24)38)30-11-13-6-7-29-14(8-13)12-34/h2-10,30-31,34-36H,11-12H2,1H3. The second-order valence-electron chi connectivity index (χ2n) is 9.43. The van der Waals surface area contributed by atoms with E-state index < -0.39 is 11.8 Å². The summed E-state index contributed by atoms with van der Waals surface area (Å²) < 4.78 is 1.89. The SMILES string of the molecule is Cn1c2cc(O)ccc2c2c3c(c4c5ccc(O)cc5[nH]c4c21)C(=O)N(NCc1ccnc(CO)c1)C3=O. The summed E-state index contributed by atoms with van der Waals surface area (Å²) in [5.41, 5.74) is 7.44. The highest BCUT2D eigenvalue weighted by Gasteiger charge is 2.41. The number of imide groups is 1. The van der Waals surface area contributed by atoms with Gasteiger partial charge in [0, 0.05) is 53.5 Å². The number of pyridine rings is 1. The van der Waals surface area contributed by atoms with Gasteiger partial charge < -0.3 is 24.9 Å². The van der Waals surface area contributed by atoms with Crippen LogP contribution in [0.5, 0.6) is 11.5 Å². The lowest BCUT2D eigenvalue weighted by atomic mass is 9.96. The van der Waals surface area contributed by atoms with E-state index in [-0.39, 0.29) is 35.8 Å². The molecule has 0 radical (unpaired) electrons. The monoisotopic (exact) mass is 507 g/mol. The van der Waals surface area contributed by atoms with E-state index in [1.54, 1.807) is 54.7 Å². The van der Waals surface area contributed by atoms with E-state index in [2.05, 4.69) is 15.4 Å². The fourth-order valence-electron chi connectivity index (χ4n) is 5.63. The Hall–Kier alpha value is -4.93. The Morgan fingerprint density at radius 2 is 1.63 bits per heavy atom. The van der Waals surface area contributed by atoms with Crippen molar-refractivity contribution in [3.05, 3.63) is 77.1 Å². The molecule has 38 heavy (non-hydrogen) atoms. The molecule has 6 aromatic rings. The molecule has 0 atom stereocenters. The first-order chi connectivity index (χ1) is 18.4. The van der Waals surface area contributed by atoms with Crippen molar-refractivity contribution in [3.63, 3.8) is 0 Å². The predicted molar refractivity (Wildman–Crippen MR) is 141 cm³/mol. The number of hydrogen-bond donors (Lipinski definition) is 5. The number of benzene rings is 3. The molecule has 5 N–H and O–H groups in total. The van der Waals surface area contributed by atoms with E-state index in [0.717, 1.165) is 16.0 Å². The first kappa shape index (κ1) is 22.3. The van der Waals surface area contributed by atoms with Gasteiger partial charge in [0.25, 0.3) is 11.8 Å². The number of nitrogens with one attached hydrogen (secondary N) is 2. The lowest BCUT2D eigenvalue weighted by molar-refractivity contribution is 0.0563. The number of aromatic hydroxyl groups is 2. The number of aryl methyl sites for hydroxylation is 1. The summed E-state index contributed by atoms with van der Waals surface area (Å²) in [6.45, 7) is -0.0536. The second kappa shape index (κ2) is 7.78. The first-order valence-corrected chi connectivity index (χ1v) is 12.0. The number of nitrogens with zero attached hydrogens (tertiary/aromatic N) is 3. The van der Waals surface area contributed by atoms with Crippen molar-refractivity contribution in [2.75, 3.05) is 0 Å². The molecule has 1 aliphatic heterocycles. The Labute approximate surface area is 214 Å². The van der Waals surface area contributed by atoms with Crippen molar-refractivity contribution in [2.45, 2.75) is 13.2 Å². The Morgan fingerprint density at radius 3 is 2.39 bits per heavy atom. The summed E-state index contributed by atoms with van der Waals surface area (Å²) >= 11 is 0. The summed E-state index contributed by atoms with van der Waals surface area (Å²) in [7, 11) is 1.85. The van der Waals surface area contributed by atoms with Gasteiger partial charge in [-0.25, -0.2) is 10.4 Å². The number of phenolic OH excluding ortho intramolecular Hbond substituents is 2. The number of aliphatic hydroxyl groups excluding tert-OH is 1. The molecular weight excluding hydrogens is 486 g/mol. The molecular formula is C28H21N5O5. The molecule has 7 rings (SSSR count). The van der Waals surface area contributed by atoms with Gasteiger partial charge in [0.15, 0.2) is 0 Å². The summed E-state index contributed by atoms with van der Waals surface area (Å²) in [5, 5.41) is 33.3. The smallest absolute Gasteiger partial charge is 0.276 e. The Bertz CT molecular complexity index is 2000. The van der Waals surface area contributed by atoms with Crippen LogP contribution in [0.1, 0.15) is 32.0 Å². The van der Waals surface area contributed by atoms with Gasteiger partial charge in [-0.1, -0.05) is 0 Å². The van der Waals surface area contributed by atoms with E-state index in [0.29, 0.717) is 43.9 Å². The summed E-state index contributed by atoms with van der Waals surface area (Å²) in [6, 6.07) is 13.2. The van der Waals surface area contributed by atoms with Crippen molar-refractivity contribution >= 4 is 55.4 Å². The van der Waals surface area contributed by atoms with Gasteiger partial charge >= 0.3 is 0 Å². The topological polar surface area (TPSA) is 144 Å². The zero-order chi connectivity index (χ0) is 26.3. The number of amides is 2. The molecule has 0 aliphatic carbocycles. The Balaban J connectivity index is 1.51. The van der Waals surface area contributed by atoms with Crippen LogP contribution in [0.15, 0.2) is 54.7 Å². The van der Waals surface area contributed by atoms with Crippen LogP contribution in [-0.2, 0) is 20.2 Å². The quantitative estimate of drug-likeness (QED) is 0.230. The number of carbonyl (C=O) groups excluding carboxylic acids is 2. The van der Waals surface area contributed by atoms with E-state index in [1.807, 2.05) is 11.6 Å². The lowest BCUT2D eigenvalue weighted by Gasteiger charge is -2.15. The summed E-state index contributed by atoms with van der Waals surface area (Å²) in [6.07, 6.45) is 1.56. The molecule has 0 spiro atoms. The molecule has 0 bridgehead atoms. The molecule has 1 aliphatic rings. The fourth-order valence-corrected chi connectivity index (χ4v) is 5.63. The molecule has 0 fully saturated rings. The number of fused-ring (bicyclic) bond motifs is 10. The maximum atomic E-state index is 13.9. The second-order valence-corrected chi connectivity index (χ2v) is 9.43. The lowest BCUT2D eigenvalue weighted by Crippen LogP contribution is -2.41. The van der Waals surface area contributed by atoms with Gasteiger partial charge in [-0.3, -0.25) is 14.6 Å². The molecule has 188 valence electrons. The number of rotatable bonds is 4. The highest BCUT2D eigenvalue weighted by Crippen LogP contribution is 2.45. The van der Waals surface area contributed by atoms with Crippen molar-refractivity contribution in [2.24, 2.45) is 7.05 Å². The van der Waals surface area contributed by atoms with Crippen LogP contribution in [0.2, 0.25) is 0 Å². The van der Waals surface area contributed by atoms with Crippen molar-refractivity contribution in [1.82, 2.24) is 25.0 Å². The number of aromatic amines is 1. The zero-order valence-electron chi connectivity index (χ0n) is 20.1. The molecule has 0 saturated carbocycles. The molecule has 4 heterocycles. The maximum Gasteiger partial charge on any atom is 0.276 e. The van der Waals surface area contributed by atoms with Crippen molar-refractivity contribution in [3.8, 4) is 11.5 Å². The Kier molecular flexibility index (Phi) is 4.56. The average Bonchev–Trinajstić information content (AvgIpc) is 3.50. The van der Waals surface area contributed by atoms with E-state index >= 15 is 0 Å². The normalized spacial score (nSPS) is 13.6. The summed E-state index contributed by atoms with van der Waals surface area (Å²) in [4.78, 5) is 35.2. The highest BCUT2D eigenvalue weighted by molar-refractivity contribution is 6.39. The first-order valence-electron chi connectivity index (χ1n) is 12.0. The van der Waals surface area contributed by atoms with E-state index in [4.69, 9.17) is 0 Å². The van der Waals surface area contributed by atoms with Crippen molar-refractivity contribution in [1.29, 1.82) is 0 Å². The van der Waals surface area contributed by atoms with Crippen LogP contribution in [0, 0.1) is 0 Å². The predicted octanol–water partition coefficient (Wildman–Crippen LogP) is 3.57. The largest absolute Gasteiger partial charge is 0.508 e. The third-order valence-corrected chi connectivity index (χ3v) is 7.27. The van der Waals surface area contributed by atoms with E-state index in [1.165, 1.54) is 0 Å². The van der Waals surface area contributed by atoms with Crippen LogP contribution in [0.3, 0.4) is 0 Å². The van der Waals surface area contributed by atoms with Gasteiger partial charge in [-0.15, -0.1) is 0 Å². The maximum absolute atomic E-state index is 13.9. The minimum atomic E-state index is -0.488. The number of hydrazine groups is 1. The average molecular weight is 508 g/mol. The number of H-pyrrole nitrogens is 1. The van der Waals surface area contributed by atoms with Crippen LogP contribution in [0.25, 0.3) is 43.6 Å². The van der Waals surface area contributed by atoms with Gasteiger partial charge in [0.2, 0.25) is 0 Å². The minimum absolute atomic E-state index is 0.0733. The fraction of sp³-hybridized carbons (Fsp3) is 0.107. The number of hydrogen-bond acceptors (Lipinski definition) is 7. The molecule has 10 nitrogen and oxygen atoms in total. The highest BCUT2D eigenvalue weighted by atomic mass is 16.3. The zero-order valence-corrected chi connectivity index (χ0v) is 20.1. The molecule has 3 aromatic carbocycles. The van der Waals surface area contributed by atoms with Gasteiger partial charge in [-0.2, -0.15) is 0 Å². The number of aromatic nitrogens is 3. The van der Waals surface area contributed by atoms with Crippen LogP contribution in [-0.4, -0.2) is 46.7 Å². The van der Waals surface area contributed by atoms with Gasteiger partial charge in [-0.05, 0) is 42.0 Å². The van der Waals surface area contributed by atoms with E-state index in [9.17, 15) is 24.9 Å². The van der Waals surface area contributed by atoms with Crippen LogP contribution in [0.4, 0.5) is 0 Å². The van der Waals surface area contributed by atoms with Crippen LogP contribution < -0.4 is 5.43 Å².